The molecule has 1 aliphatic rings. The van der Waals surface area contributed by atoms with Crippen molar-refractivity contribution in [2.24, 2.45) is 10.9 Å². The number of carbonyl (C=O) groups excluding carboxylic acids is 2. The summed E-state index contributed by atoms with van der Waals surface area (Å²) in [6.07, 6.45) is 1.31. The van der Waals surface area contributed by atoms with Crippen LogP contribution in [0.4, 0.5) is 5.69 Å². The van der Waals surface area contributed by atoms with E-state index in [1.807, 2.05) is 6.92 Å². The average Bonchev–Trinajstić information content (AvgIpc) is 2.34. The van der Waals surface area contributed by atoms with Gasteiger partial charge in [-0.25, -0.2) is 0 Å². The normalized spacial score (nSPS) is 19.4. The van der Waals surface area contributed by atoms with E-state index >= 15 is 0 Å². The molecule has 1 aromatic rings. The van der Waals surface area contributed by atoms with Gasteiger partial charge >= 0.3 is 0 Å². The molecule has 3 N–H and O–H groups in total. The molecule has 5 nitrogen and oxygen atoms in total. The van der Waals surface area contributed by atoms with E-state index in [9.17, 15) is 9.59 Å². The van der Waals surface area contributed by atoms with E-state index in [-0.39, 0.29) is 11.8 Å². The minimum Gasteiger partial charge on any atom is -0.399 e. The van der Waals surface area contributed by atoms with Gasteiger partial charge in [0.15, 0.2) is 0 Å². The predicted molar refractivity (Wildman–Crippen MR) is 68.9 cm³/mol. The first kappa shape index (κ1) is 12.3. The van der Waals surface area contributed by atoms with Crippen LogP contribution in [0.3, 0.4) is 0 Å². The number of carbonyl (C=O) groups is 2. The first-order chi connectivity index (χ1) is 8.61. The molecule has 5 heteroatoms. The smallest absolute Gasteiger partial charge is 0.260 e. The number of aliphatic imine (C=N–C) groups is 1. The summed E-state index contributed by atoms with van der Waals surface area (Å²) in [5.74, 6) is -0.985. The Morgan fingerprint density at radius 1 is 1.28 bits per heavy atom. The van der Waals surface area contributed by atoms with E-state index in [0.29, 0.717) is 23.5 Å². The van der Waals surface area contributed by atoms with Gasteiger partial charge in [-0.15, -0.1) is 0 Å². The van der Waals surface area contributed by atoms with E-state index in [1.165, 1.54) is 0 Å². The maximum absolute atomic E-state index is 11.8. The molecule has 1 atom stereocenters. The SMILES string of the molecule is CCCC1C(=O)N=C(c2ccc(N)cc2)NC1=O. The molecule has 0 radical (unpaired) electrons. The lowest BCUT2D eigenvalue weighted by Crippen LogP contribution is -2.44. The van der Waals surface area contributed by atoms with Gasteiger partial charge in [0.1, 0.15) is 11.8 Å². The van der Waals surface area contributed by atoms with E-state index in [0.717, 1.165) is 6.42 Å². The van der Waals surface area contributed by atoms with Crippen LogP contribution in [0.1, 0.15) is 25.3 Å². The fourth-order valence-electron chi connectivity index (χ4n) is 1.85. The number of rotatable bonds is 3. The summed E-state index contributed by atoms with van der Waals surface area (Å²) in [6.45, 7) is 1.93. The molecule has 18 heavy (non-hydrogen) atoms. The minimum absolute atomic E-state index is 0.274. The van der Waals surface area contributed by atoms with Crippen molar-refractivity contribution in [3.8, 4) is 0 Å². The summed E-state index contributed by atoms with van der Waals surface area (Å²) in [5, 5.41) is 2.67. The number of nitrogens with one attached hydrogen (secondary N) is 1. The molecule has 0 aromatic heterocycles. The van der Waals surface area contributed by atoms with Crippen molar-refractivity contribution in [1.82, 2.24) is 5.32 Å². The Hall–Kier alpha value is -2.17. The molecule has 0 fully saturated rings. The molecular weight excluding hydrogens is 230 g/mol. The Balaban J connectivity index is 2.26. The highest BCUT2D eigenvalue weighted by Gasteiger charge is 2.31. The first-order valence-electron chi connectivity index (χ1n) is 5.91. The largest absolute Gasteiger partial charge is 0.399 e. The molecule has 0 aliphatic carbocycles. The molecule has 2 amide bonds. The highest BCUT2D eigenvalue weighted by atomic mass is 16.2. The first-order valence-corrected chi connectivity index (χ1v) is 5.91. The Morgan fingerprint density at radius 2 is 1.94 bits per heavy atom. The number of benzene rings is 1. The Bertz CT molecular complexity index is 505. The number of hydrogen-bond acceptors (Lipinski definition) is 3. The lowest BCUT2D eigenvalue weighted by Gasteiger charge is -2.19. The van der Waals surface area contributed by atoms with E-state index < -0.39 is 5.92 Å². The number of amides is 2. The van der Waals surface area contributed by atoms with Gasteiger partial charge in [-0.2, -0.15) is 4.99 Å². The van der Waals surface area contributed by atoms with Crippen LogP contribution in [0.5, 0.6) is 0 Å². The van der Waals surface area contributed by atoms with Crippen LogP contribution in [-0.2, 0) is 9.59 Å². The third-order valence-corrected chi connectivity index (χ3v) is 2.84. The summed E-state index contributed by atoms with van der Waals surface area (Å²) < 4.78 is 0. The van der Waals surface area contributed by atoms with Crippen LogP contribution in [0.25, 0.3) is 0 Å². The zero-order chi connectivity index (χ0) is 13.1. The molecule has 0 saturated carbocycles. The quantitative estimate of drug-likeness (QED) is 0.617. The average molecular weight is 245 g/mol. The van der Waals surface area contributed by atoms with Crippen molar-refractivity contribution in [3.05, 3.63) is 29.8 Å². The van der Waals surface area contributed by atoms with Crippen molar-refractivity contribution in [2.45, 2.75) is 19.8 Å². The third-order valence-electron chi connectivity index (χ3n) is 2.84. The Labute approximate surface area is 105 Å². The Morgan fingerprint density at radius 3 is 2.50 bits per heavy atom. The molecule has 94 valence electrons. The topological polar surface area (TPSA) is 84.6 Å². The molecule has 0 saturated heterocycles. The third kappa shape index (κ3) is 2.40. The van der Waals surface area contributed by atoms with Gasteiger partial charge in [-0.1, -0.05) is 13.3 Å². The maximum atomic E-state index is 11.8. The minimum atomic E-state index is -0.646. The van der Waals surface area contributed by atoms with Crippen LogP contribution in [0.15, 0.2) is 29.3 Å². The van der Waals surface area contributed by atoms with E-state index in [2.05, 4.69) is 10.3 Å². The van der Waals surface area contributed by atoms with Gasteiger partial charge in [0, 0.05) is 11.3 Å². The molecule has 1 unspecified atom stereocenters. The molecule has 0 bridgehead atoms. The van der Waals surface area contributed by atoms with Gasteiger partial charge in [0.05, 0.1) is 0 Å². The molecule has 2 rings (SSSR count). The summed E-state index contributed by atoms with van der Waals surface area (Å²) in [7, 11) is 0. The van der Waals surface area contributed by atoms with E-state index in [4.69, 9.17) is 5.73 Å². The summed E-state index contributed by atoms with van der Waals surface area (Å²) >= 11 is 0. The van der Waals surface area contributed by atoms with E-state index in [1.54, 1.807) is 24.3 Å². The van der Waals surface area contributed by atoms with Crippen molar-refractivity contribution in [1.29, 1.82) is 0 Å². The number of amidine groups is 1. The van der Waals surface area contributed by atoms with Gasteiger partial charge in [-0.3, -0.25) is 9.59 Å². The monoisotopic (exact) mass is 245 g/mol. The highest BCUT2D eigenvalue weighted by molar-refractivity contribution is 6.20. The van der Waals surface area contributed by atoms with Crippen LogP contribution in [0, 0.1) is 5.92 Å². The highest BCUT2D eigenvalue weighted by Crippen LogP contribution is 2.15. The van der Waals surface area contributed by atoms with Crippen molar-refractivity contribution in [3.63, 3.8) is 0 Å². The van der Waals surface area contributed by atoms with Gasteiger partial charge in [0.25, 0.3) is 5.91 Å². The second kappa shape index (κ2) is 5.00. The van der Waals surface area contributed by atoms with Crippen LogP contribution in [-0.4, -0.2) is 17.6 Å². The maximum Gasteiger partial charge on any atom is 0.260 e. The predicted octanol–water partition coefficient (Wildman–Crippen LogP) is 1.09. The van der Waals surface area contributed by atoms with Crippen molar-refractivity contribution >= 4 is 23.3 Å². The second-order valence-corrected chi connectivity index (χ2v) is 4.25. The lowest BCUT2D eigenvalue weighted by atomic mass is 10.00. The molecular formula is C13H15N3O2. The summed E-state index contributed by atoms with van der Waals surface area (Å²) in [5.41, 5.74) is 6.88. The number of anilines is 1. The number of nitrogens with zero attached hydrogens (tertiary/aromatic N) is 1. The number of nitrogen functional groups attached to an aromatic ring is 1. The van der Waals surface area contributed by atoms with Gasteiger partial charge < -0.3 is 11.1 Å². The summed E-state index contributed by atoms with van der Waals surface area (Å²) in [4.78, 5) is 27.5. The molecule has 1 heterocycles. The second-order valence-electron chi connectivity index (χ2n) is 4.25. The molecule has 1 aromatic carbocycles. The van der Waals surface area contributed by atoms with Crippen molar-refractivity contribution in [2.75, 3.05) is 5.73 Å². The Kier molecular flexibility index (Phi) is 3.41. The lowest BCUT2D eigenvalue weighted by molar-refractivity contribution is -0.133. The van der Waals surface area contributed by atoms with Gasteiger partial charge in [0.2, 0.25) is 5.91 Å². The summed E-state index contributed by atoms with van der Waals surface area (Å²) in [6, 6.07) is 6.85. The zero-order valence-corrected chi connectivity index (χ0v) is 10.1. The standard InChI is InChI=1S/C13H15N3O2/c1-2-3-10-12(17)15-11(16-13(10)18)8-4-6-9(14)7-5-8/h4-7,10H,2-3,14H2,1H3,(H,15,16,17,18). The van der Waals surface area contributed by atoms with Crippen molar-refractivity contribution < 1.29 is 9.59 Å². The zero-order valence-electron chi connectivity index (χ0n) is 10.1. The molecule has 1 aliphatic heterocycles. The fraction of sp³-hybridized carbons (Fsp3) is 0.308. The van der Waals surface area contributed by atoms with Crippen LogP contribution < -0.4 is 11.1 Å². The number of nitrogens with two attached hydrogens (primary N) is 1. The van der Waals surface area contributed by atoms with Crippen LogP contribution in [0.2, 0.25) is 0 Å². The number of hydrogen-bond donors (Lipinski definition) is 2. The fourth-order valence-corrected chi connectivity index (χ4v) is 1.85. The van der Waals surface area contributed by atoms with Gasteiger partial charge in [-0.05, 0) is 30.7 Å². The van der Waals surface area contributed by atoms with Crippen LogP contribution >= 0.6 is 0 Å². The molecule has 0 spiro atoms.